The first-order valence-electron chi connectivity index (χ1n) is 5.03. The Morgan fingerprint density at radius 1 is 1.38 bits per heavy atom. The van der Waals surface area contributed by atoms with E-state index in [0.717, 1.165) is 19.1 Å². The van der Waals surface area contributed by atoms with Crippen molar-refractivity contribution in [3.05, 3.63) is 0 Å². The Labute approximate surface area is 84.6 Å². The van der Waals surface area contributed by atoms with Gasteiger partial charge >= 0.3 is 0 Å². The fraction of sp³-hybridized carbons (Fsp3) is 1.00. The third-order valence-corrected chi connectivity index (χ3v) is 4.33. The molecular formula is C9H19N3S. The molecule has 4 heteroatoms. The van der Waals surface area contributed by atoms with Gasteiger partial charge in [0.25, 0.3) is 0 Å². The number of rotatable bonds is 2. The van der Waals surface area contributed by atoms with Crippen molar-refractivity contribution in [3.8, 4) is 0 Å². The van der Waals surface area contributed by atoms with E-state index in [2.05, 4.69) is 28.6 Å². The van der Waals surface area contributed by atoms with Crippen molar-refractivity contribution < 1.29 is 0 Å². The van der Waals surface area contributed by atoms with E-state index in [1.807, 2.05) is 0 Å². The summed E-state index contributed by atoms with van der Waals surface area (Å²) >= 11 is 2.06. The summed E-state index contributed by atoms with van der Waals surface area (Å²) < 4.78 is 0. The van der Waals surface area contributed by atoms with E-state index >= 15 is 0 Å². The average molecular weight is 201 g/mol. The maximum Gasteiger partial charge on any atom is 0.0349 e. The van der Waals surface area contributed by atoms with E-state index in [9.17, 15) is 0 Å². The summed E-state index contributed by atoms with van der Waals surface area (Å²) in [4.78, 5) is 5.01. The van der Waals surface area contributed by atoms with Crippen LogP contribution in [-0.2, 0) is 0 Å². The zero-order chi connectivity index (χ0) is 9.26. The van der Waals surface area contributed by atoms with Crippen LogP contribution in [0.25, 0.3) is 0 Å². The highest BCUT2D eigenvalue weighted by Gasteiger charge is 2.33. The standard InChI is InChI=1S/C9H19N3S/c1-11-2-3-12(8(4-10)5-11)9-6-13-7-9/h8-9H,2-7,10H2,1H3. The summed E-state index contributed by atoms with van der Waals surface area (Å²) in [6, 6.07) is 1.43. The fourth-order valence-electron chi connectivity index (χ4n) is 2.13. The van der Waals surface area contributed by atoms with E-state index in [1.54, 1.807) is 0 Å². The van der Waals surface area contributed by atoms with Crippen LogP contribution in [0.15, 0.2) is 0 Å². The Kier molecular flexibility index (Phi) is 3.14. The summed E-state index contributed by atoms with van der Waals surface area (Å²) in [6.07, 6.45) is 0. The van der Waals surface area contributed by atoms with Gasteiger partial charge in [0, 0.05) is 49.8 Å². The number of hydrogen-bond donors (Lipinski definition) is 1. The molecule has 2 N–H and O–H groups in total. The molecule has 0 radical (unpaired) electrons. The lowest BCUT2D eigenvalue weighted by molar-refractivity contribution is 0.0683. The predicted molar refractivity (Wildman–Crippen MR) is 58.2 cm³/mol. The van der Waals surface area contributed by atoms with Crippen molar-refractivity contribution in [2.45, 2.75) is 12.1 Å². The molecule has 0 saturated carbocycles. The van der Waals surface area contributed by atoms with Crippen LogP contribution >= 0.6 is 11.8 Å². The van der Waals surface area contributed by atoms with E-state index in [-0.39, 0.29) is 0 Å². The van der Waals surface area contributed by atoms with Crippen molar-refractivity contribution in [3.63, 3.8) is 0 Å². The highest BCUT2D eigenvalue weighted by Crippen LogP contribution is 2.26. The van der Waals surface area contributed by atoms with Gasteiger partial charge in [0.05, 0.1) is 0 Å². The van der Waals surface area contributed by atoms with Crippen molar-refractivity contribution in [1.29, 1.82) is 0 Å². The highest BCUT2D eigenvalue weighted by atomic mass is 32.2. The quantitative estimate of drug-likeness (QED) is 0.663. The molecule has 0 aromatic heterocycles. The molecule has 0 aromatic rings. The summed E-state index contributed by atoms with van der Waals surface area (Å²) in [7, 11) is 2.19. The van der Waals surface area contributed by atoms with Gasteiger partial charge in [-0.1, -0.05) is 0 Å². The summed E-state index contributed by atoms with van der Waals surface area (Å²) in [5, 5.41) is 0. The lowest BCUT2D eigenvalue weighted by Gasteiger charge is -2.46. The molecule has 1 atom stereocenters. The third kappa shape index (κ3) is 2.01. The molecule has 0 amide bonds. The Bertz CT molecular complexity index is 172. The Balaban J connectivity index is 1.92. The first-order chi connectivity index (χ1) is 6.31. The maximum absolute atomic E-state index is 5.80. The molecule has 0 bridgehead atoms. The fourth-order valence-corrected chi connectivity index (χ4v) is 2.96. The number of nitrogens with two attached hydrogens (primary N) is 1. The molecule has 2 heterocycles. The van der Waals surface area contributed by atoms with Gasteiger partial charge in [-0.2, -0.15) is 11.8 Å². The molecule has 2 aliphatic heterocycles. The van der Waals surface area contributed by atoms with E-state index in [4.69, 9.17) is 5.73 Å². The molecular weight excluding hydrogens is 182 g/mol. The minimum atomic E-state index is 0.602. The van der Waals surface area contributed by atoms with Crippen molar-refractivity contribution in [1.82, 2.24) is 9.80 Å². The zero-order valence-electron chi connectivity index (χ0n) is 8.28. The molecule has 0 aliphatic carbocycles. The maximum atomic E-state index is 5.80. The lowest BCUT2D eigenvalue weighted by atomic mass is 10.1. The summed E-state index contributed by atoms with van der Waals surface area (Å²) in [6.45, 7) is 4.38. The molecule has 2 fully saturated rings. The van der Waals surface area contributed by atoms with Gasteiger partial charge in [-0.3, -0.25) is 4.90 Å². The van der Waals surface area contributed by atoms with E-state index in [1.165, 1.54) is 24.6 Å². The normalized spacial score (nSPS) is 33.2. The minimum Gasteiger partial charge on any atom is -0.329 e. The Morgan fingerprint density at radius 2 is 2.15 bits per heavy atom. The molecule has 2 aliphatic rings. The second-order valence-corrected chi connectivity index (χ2v) is 5.16. The molecule has 2 rings (SSSR count). The molecule has 1 unspecified atom stereocenters. The Hall–Kier alpha value is 0.230. The van der Waals surface area contributed by atoms with Crippen LogP contribution in [0.4, 0.5) is 0 Å². The van der Waals surface area contributed by atoms with Crippen LogP contribution in [0.1, 0.15) is 0 Å². The van der Waals surface area contributed by atoms with Crippen LogP contribution in [0.5, 0.6) is 0 Å². The van der Waals surface area contributed by atoms with Crippen LogP contribution in [0, 0.1) is 0 Å². The van der Waals surface area contributed by atoms with Gasteiger partial charge in [-0.15, -0.1) is 0 Å². The van der Waals surface area contributed by atoms with Crippen LogP contribution in [0.3, 0.4) is 0 Å². The summed E-state index contributed by atoms with van der Waals surface area (Å²) in [5.41, 5.74) is 5.80. The SMILES string of the molecule is CN1CCN(C2CSC2)C(CN)C1. The van der Waals surface area contributed by atoms with Gasteiger partial charge in [-0.05, 0) is 7.05 Å². The zero-order valence-corrected chi connectivity index (χ0v) is 9.09. The van der Waals surface area contributed by atoms with E-state index < -0.39 is 0 Å². The monoisotopic (exact) mass is 201 g/mol. The number of hydrogen-bond acceptors (Lipinski definition) is 4. The van der Waals surface area contributed by atoms with Gasteiger partial charge < -0.3 is 10.6 Å². The van der Waals surface area contributed by atoms with Gasteiger partial charge in [-0.25, -0.2) is 0 Å². The number of piperazine rings is 1. The van der Waals surface area contributed by atoms with Gasteiger partial charge in [0.1, 0.15) is 0 Å². The van der Waals surface area contributed by atoms with Gasteiger partial charge in [0.15, 0.2) is 0 Å². The molecule has 0 spiro atoms. The van der Waals surface area contributed by atoms with Gasteiger partial charge in [0.2, 0.25) is 0 Å². The van der Waals surface area contributed by atoms with E-state index in [0.29, 0.717) is 6.04 Å². The van der Waals surface area contributed by atoms with Crippen molar-refractivity contribution in [2.75, 3.05) is 44.7 Å². The highest BCUT2D eigenvalue weighted by molar-refractivity contribution is 8.00. The second-order valence-electron chi connectivity index (χ2n) is 4.08. The number of nitrogens with zero attached hydrogens (tertiary/aromatic N) is 2. The largest absolute Gasteiger partial charge is 0.329 e. The second kappa shape index (κ2) is 4.17. The topological polar surface area (TPSA) is 32.5 Å². The number of thioether (sulfide) groups is 1. The lowest BCUT2D eigenvalue weighted by Crippen LogP contribution is -2.61. The molecule has 0 aromatic carbocycles. The van der Waals surface area contributed by atoms with Crippen LogP contribution < -0.4 is 5.73 Å². The minimum absolute atomic E-state index is 0.602. The number of likely N-dealkylation sites (N-methyl/N-ethyl adjacent to an activating group) is 1. The van der Waals surface area contributed by atoms with Crippen LogP contribution in [-0.4, -0.2) is 66.6 Å². The average Bonchev–Trinajstić information content (AvgIpc) is 2.05. The van der Waals surface area contributed by atoms with Crippen LogP contribution in [0.2, 0.25) is 0 Å². The molecule has 3 nitrogen and oxygen atoms in total. The molecule has 13 heavy (non-hydrogen) atoms. The Morgan fingerprint density at radius 3 is 2.69 bits per heavy atom. The third-order valence-electron chi connectivity index (χ3n) is 3.09. The first kappa shape index (κ1) is 9.77. The molecule has 76 valence electrons. The molecule has 2 saturated heterocycles. The van der Waals surface area contributed by atoms with Crippen molar-refractivity contribution in [2.24, 2.45) is 5.73 Å². The predicted octanol–water partition coefficient (Wildman–Crippen LogP) is -0.323. The van der Waals surface area contributed by atoms with Crippen molar-refractivity contribution >= 4 is 11.8 Å². The summed E-state index contributed by atoms with van der Waals surface area (Å²) in [5.74, 6) is 2.64. The first-order valence-corrected chi connectivity index (χ1v) is 6.19. The smallest absolute Gasteiger partial charge is 0.0349 e.